The van der Waals surface area contributed by atoms with Gasteiger partial charge in [0.25, 0.3) is 0 Å². The number of nitrogens with zero attached hydrogens (tertiary/aromatic N) is 5. The van der Waals surface area contributed by atoms with E-state index in [1.165, 1.54) is 5.39 Å². The van der Waals surface area contributed by atoms with Crippen molar-refractivity contribution in [2.24, 2.45) is 0 Å². The average molecular weight is 614 g/mol. The van der Waals surface area contributed by atoms with E-state index >= 15 is 0 Å². The van der Waals surface area contributed by atoms with Gasteiger partial charge in [0.2, 0.25) is 5.95 Å². The molecule has 5 heteroatoms. The molecular weight excluding hydrogens is 587 g/mol. The Labute approximate surface area is 276 Å². The molecule has 0 N–H and O–H groups in total. The van der Waals surface area contributed by atoms with Crippen LogP contribution in [0.2, 0.25) is 0 Å². The summed E-state index contributed by atoms with van der Waals surface area (Å²) in [7, 11) is 0. The summed E-state index contributed by atoms with van der Waals surface area (Å²) in [5.41, 5.74) is 11.7. The van der Waals surface area contributed by atoms with E-state index in [2.05, 4.69) is 143 Å². The predicted octanol–water partition coefficient (Wildman–Crippen LogP) is 10.6. The van der Waals surface area contributed by atoms with Gasteiger partial charge in [0.15, 0.2) is 0 Å². The number of benzene rings is 6. The van der Waals surface area contributed by atoms with Crippen molar-refractivity contribution in [1.82, 2.24) is 24.1 Å². The highest BCUT2D eigenvalue weighted by atomic mass is 15.2. The molecule has 0 saturated heterocycles. The Morgan fingerprint density at radius 1 is 0.438 bits per heavy atom. The van der Waals surface area contributed by atoms with Crippen molar-refractivity contribution in [3.8, 4) is 34.0 Å². The van der Waals surface area contributed by atoms with Crippen LogP contribution in [0.5, 0.6) is 0 Å². The standard InChI is InChI=1S/C43H27N5/c1-3-13-28(14-4-1)41-32-17-7-9-20-35(32)45-43(46-41)48-36-21-10-8-18-33(36)40-31(19-11-22-38(40)48)29-24-25-37-34(27-29)42-39(23-12-26-44-42)47(37)30-15-5-2-6-16-30/h1-27H. The molecule has 5 nitrogen and oxygen atoms in total. The first-order valence-electron chi connectivity index (χ1n) is 16.1. The normalized spacial score (nSPS) is 11.8. The molecule has 0 bridgehead atoms. The van der Waals surface area contributed by atoms with Crippen LogP contribution in [-0.4, -0.2) is 24.1 Å². The Hall–Kier alpha value is -6.59. The van der Waals surface area contributed by atoms with E-state index in [4.69, 9.17) is 15.0 Å². The number of hydrogen-bond donors (Lipinski definition) is 0. The maximum atomic E-state index is 5.26. The Kier molecular flexibility index (Phi) is 5.81. The number of hydrogen-bond acceptors (Lipinski definition) is 3. The number of rotatable bonds is 4. The summed E-state index contributed by atoms with van der Waals surface area (Å²) in [4.78, 5) is 15.3. The van der Waals surface area contributed by atoms with Crippen molar-refractivity contribution >= 4 is 54.6 Å². The lowest BCUT2D eigenvalue weighted by Crippen LogP contribution is -2.03. The van der Waals surface area contributed by atoms with Crippen molar-refractivity contribution in [3.63, 3.8) is 0 Å². The molecular formula is C43H27N5. The third-order valence-electron chi connectivity index (χ3n) is 9.38. The van der Waals surface area contributed by atoms with E-state index in [0.29, 0.717) is 5.95 Å². The van der Waals surface area contributed by atoms with Crippen molar-refractivity contribution < 1.29 is 0 Å². The van der Waals surface area contributed by atoms with E-state index in [-0.39, 0.29) is 0 Å². The molecule has 224 valence electrons. The molecule has 10 aromatic rings. The summed E-state index contributed by atoms with van der Waals surface area (Å²) in [6, 6.07) is 55.2. The van der Waals surface area contributed by atoms with Crippen LogP contribution < -0.4 is 0 Å². The molecule has 0 amide bonds. The summed E-state index contributed by atoms with van der Waals surface area (Å²) in [5.74, 6) is 0.654. The van der Waals surface area contributed by atoms with Crippen LogP contribution in [0, 0.1) is 0 Å². The summed E-state index contributed by atoms with van der Waals surface area (Å²) in [5, 5.41) is 4.49. The predicted molar refractivity (Wildman–Crippen MR) is 197 cm³/mol. The van der Waals surface area contributed by atoms with Crippen LogP contribution in [0.3, 0.4) is 0 Å². The quantitative estimate of drug-likeness (QED) is 0.198. The van der Waals surface area contributed by atoms with Gasteiger partial charge >= 0.3 is 0 Å². The zero-order valence-electron chi connectivity index (χ0n) is 25.8. The minimum absolute atomic E-state index is 0.654. The topological polar surface area (TPSA) is 48.5 Å². The van der Waals surface area contributed by atoms with E-state index in [9.17, 15) is 0 Å². The molecule has 0 aliphatic rings. The molecule has 48 heavy (non-hydrogen) atoms. The maximum Gasteiger partial charge on any atom is 0.235 e. The highest BCUT2D eigenvalue weighted by Crippen LogP contribution is 2.41. The molecule has 0 unspecified atom stereocenters. The van der Waals surface area contributed by atoms with Gasteiger partial charge in [0, 0.05) is 39.0 Å². The second-order valence-corrected chi connectivity index (χ2v) is 12.1. The van der Waals surface area contributed by atoms with Crippen molar-refractivity contribution in [2.75, 3.05) is 0 Å². The first-order valence-corrected chi connectivity index (χ1v) is 16.1. The summed E-state index contributed by atoms with van der Waals surface area (Å²) in [6.07, 6.45) is 1.88. The highest BCUT2D eigenvalue weighted by Gasteiger charge is 2.20. The Morgan fingerprint density at radius 2 is 1.15 bits per heavy atom. The molecule has 6 aromatic carbocycles. The van der Waals surface area contributed by atoms with Crippen LogP contribution in [0.25, 0.3) is 88.7 Å². The van der Waals surface area contributed by atoms with Crippen LogP contribution in [0.1, 0.15) is 0 Å². The molecule has 0 fully saturated rings. The fourth-order valence-electron chi connectivity index (χ4n) is 7.31. The molecule has 10 rings (SSSR count). The van der Waals surface area contributed by atoms with E-state index < -0.39 is 0 Å². The average Bonchev–Trinajstić information content (AvgIpc) is 3.68. The lowest BCUT2D eigenvalue weighted by atomic mass is 9.98. The SMILES string of the molecule is c1ccc(-c2nc(-n3c4ccccc4c4c(-c5ccc6c(c5)c5ncccc5n6-c5ccccc5)cccc43)nc3ccccc23)cc1. The van der Waals surface area contributed by atoms with Gasteiger partial charge in [-0.15, -0.1) is 0 Å². The minimum atomic E-state index is 0.654. The van der Waals surface area contributed by atoms with E-state index in [1.807, 2.05) is 30.5 Å². The van der Waals surface area contributed by atoms with Crippen LogP contribution >= 0.6 is 0 Å². The number of fused-ring (bicyclic) bond motifs is 7. The van der Waals surface area contributed by atoms with Gasteiger partial charge in [-0.3, -0.25) is 9.55 Å². The monoisotopic (exact) mass is 613 g/mol. The summed E-state index contributed by atoms with van der Waals surface area (Å²) < 4.78 is 4.52. The number of aromatic nitrogens is 5. The first-order chi connectivity index (χ1) is 23.8. The van der Waals surface area contributed by atoms with Gasteiger partial charge in [-0.25, -0.2) is 9.97 Å². The second kappa shape index (κ2) is 10.5. The first kappa shape index (κ1) is 26.6. The van der Waals surface area contributed by atoms with Crippen molar-refractivity contribution in [3.05, 3.63) is 164 Å². The Balaban J connectivity index is 1.24. The smallest absolute Gasteiger partial charge is 0.235 e. The molecule has 0 aliphatic heterocycles. The molecule has 0 saturated carbocycles. The number of para-hydroxylation sites is 3. The minimum Gasteiger partial charge on any atom is -0.308 e. The van der Waals surface area contributed by atoms with Gasteiger partial charge in [-0.1, -0.05) is 103 Å². The Morgan fingerprint density at radius 3 is 2.02 bits per heavy atom. The fraction of sp³-hybridized carbons (Fsp3) is 0. The van der Waals surface area contributed by atoms with Crippen LogP contribution in [0.15, 0.2) is 164 Å². The van der Waals surface area contributed by atoms with Crippen LogP contribution in [0.4, 0.5) is 0 Å². The third kappa shape index (κ3) is 3.94. The van der Waals surface area contributed by atoms with Gasteiger partial charge < -0.3 is 4.57 Å². The van der Waals surface area contributed by atoms with Gasteiger partial charge in [0.05, 0.1) is 38.8 Å². The largest absolute Gasteiger partial charge is 0.308 e. The van der Waals surface area contributed by atoms with E-state index in [0.717, 1.165) is 77.3 Å². The lowest BCUT2D eigenvalue weighted by molar-refractivity contribution is 1.01. The molecule has 0 spiro atoms. The molecule has 0 radical (unpaired) electrons. The molecule has 0 atom stereocenters. The Bertz CT molecular complexity index is 2830. The zero-order valence-corrected chi connectivity index (χ0v) is 25.8. The fourth-order valence-corrected chi connectivity index (χ4v) is 7.31. The summed E-state index contributed by atoms with van der Waals surface area (Å²) in [6.45, 7) is 0. The highest BCUT2D eigenvalue weighted by molar-refractivity contribution is 6.17. The maximum absolute atomic E-state index is 5.26. The molecule has 4 aromatic heterocycles. The second-order valence-electron chi connectivity index (χ2n) is 12.1. The van der Waals surface area contributed by atoms with Gasteiger partial charge in [-0.2, -0.15) is 0 Å². The van der Waals surface area contributed by atoms with Crippen molar-refractivity contribution in [2.45, 2.75) is 0 Å². The van der Waals surface area contributed by atoms with E-state index in [1.54, 1.807) is 0 Å². The van der Waals surface area contributed by atoms with Crippen LogP contribution in [-0.2, 0) is 0 Å². The number of pyridine rings is 1. The lowest BCUT2D eigenvalue weighted by Gasteiger charge is -2.12. The van der Waals surface area contributed by atoms with Crippen molar-refractivity contribution in [1.29, 1.82) is 0 Å². The molecule has 4 heterocycles. The third-order valence-corrected chi connectivity index (χ3v) is 9.38. The zero-order chi connectivity index (χ0) is 31.6. The van der Waals surface area contributed by atoms with Gasteiger partial charge in [-0.05, 0) is 65.7 Å². The van der Waals surface area contributed by atoms with Gasteiger partial charge in [0.1, 0.15) is 0 Å². The summed E-state index contributed by atoms with van der Waals surface area (Å²) >= 11 is 0. The molecule has 0 aliphatic carbocycles.